The van der Waals surface area contributed by atoms with Gasteiger partial charge in [0.15, 0.2) is 0 Å². The molecule has 0 aliphatic heterocycles. The summed E-state index contributed by atoms with van der Waals surface area (Å²) in [6.45, 7) is -0.882. The van der Waals surface area contributed by atoms with Gasteiger partial charge in [-0.25, -0.2) is 12.8 Å². The van der Waals surface area contributed by atoms with Crippen molar-refractivity contribution in [3.63, 3.8) is 0 Å². The number of alkyl halides is 1. The van der Waals surface area contributed by atoms with Gasteiger partial charge >= 0.3 is 0 Å². The third kappa shape index (κ3) is 3.38. The van der Waals surface area contributed by atoms with Gasteiger partial charge in [0.2, 0.25) is 0 Å². The number of hydrogen-bond acceptors (Lipinski definition) is 3. The van der Waals surface area contributed by atoms with E-state index in [2.05, 4.69) is 0 Å². The van der Waals surface area contributed by atoms with Crippen molar-refractivity contribution in [1.29, 1.82) is 0 Å². The summed E-state index contributed by atoms with van der Waals surface area (Å²) in [7, 11) is 1.15. The fraction of sp³-hybridized carbons (Fsp3) is 0.250. The lowest BCUT2D eigenvalue weighted by atomic mass is 10.3. The van der Waals surface area contributed by atoms with Crippen LogP contribution in [0.5, 0.6) is 5.75 Å². The van der Waals surface area contributed by atoms with E-state index >= 15 is 0 Å². The van der Waals surface area contributed by atoms with Gasteiger partial charge in [0.05, 0.1) is 10.0 Å². The van der Waals surface area contributed by atoms with Gasteiger partial charge in [-0.3, -0.25) is 0 Å². The van der Waals surface area contributed by atoms with E-state index in [9.17, 15) is 12.8 Å². The van der Waals surface area contributed by atoms with Gasteiger partial charge < -0.3 is 4.74 Å². The molecule has 0 saturated heterocycles. The first-order valence-electron chi connectivity index (χ1n) is 3.98. The minimum atomic E-state index is -3.97. The first kappa shape index (κ1) is 13.8. The van der Waals surface area contributed by atoms with E-state index < -0.39 is 15.7 Å². The van der Waals surface area contributed by atoms with Crippen molar-refractivity contribution in [2.45, 2.75) is 4.90 Å². The fourth-order valence-corrected chi connectivity index (χ4v) is 2.75. The molecule has 0 radical (unpaired) electrons. The van der Waals surface area contributed by atoms with E-state index in [1.165, 1.54) is 6.07 Å². The SMILES string of the molecule is O=S(=O)(Cl)c1cc(Cl)c(OCCF)cc1Cl. The van der Waals surface area contributed by atoms with Crippen LogP contribution in [0.2, 0.25) is 10.0 Å². The molecule has 0 fully saturated rings. The molecule has 0 saturated carbocycles. The van der Waals surface area contributed by atoms with Crippen molar-refractivity contribution in [1.82, 2.24) is 0 Å². The summed E-state index contributed by atoms with van der Waals surface area (Å²) >= 11 is 11.4. The van der Waals surface area contributed by atoms with Gasteiger partial charge in [-0.1, -0.05) is 23.2 Å². The zero-order valence-corrected chi connectivity index (χ0v) is 10.8. The van der Waals surface area contributed by atoms with Crippen molar-refractivity contribution < 1.29 is 17.5 Å². The molecule has 1 aromatic rings. The second-order valence-corrected chi connectivity index (χ2v) is 6.04. The molecule has 90 valence electrons. The Bertz CT molecular complexity index is 490. The van der Waals surface area contributed by atoms with Crippen LogP contribution in [0.4, 0.5) is 4.39 Å². The highest BCUT2D eigenvalue weighted by molar-refractivity contribution is 8.13. The summed E-state index contributed by atoms with van der Waals surface area (Å²) in [6, 6.07) is 2.23. The Kier molecular flexibility index (Phi) is 4.67. The van der Waals surface area contributed by atoms with Crippen LogP contribution in [0.1, 0.15) is 0 Å². The Morgan fingerprint density at radius 3 is 2.38 bits per heavy atom. The molecule has 0 atom stereocenters. The smallest absolute Gasteiger partial charge is 0.262 e. The first-order chi connectivity index (χ1) is 7.36. The van der Waals surface area contributed by atoms with Crippen molar-refractivity contribution in [2.24, 2.45) is 0 Å². The number of halogens is 4. The van der Waals surface area contributed by atoms with Gasteiger partial charge in [0.25, 0.3) is 9.05 Å². The Morgan fingerprint density at radius 1 is 1.25 bits per heavy atom. The van der Waals surface area contributed by atoms with Gasteiger partial charge in [0, 0.05) is 16.7 Å². The van der Waals surface area contributed by atoms with Gasteiger partial charge in [-0.15, -0.1) is 0 Å². The minimum absolute atomic E-state index is 0.00271. The first-order valence-corrected chi connectivity index (χ1v) is 7.05. The topological polar surface area (TPSA) is 43.4 Å². The maximum Gasteiger partial charge on any atom is 0.262 e. The van der Waals surface area contributed by atoms with E-state index in [1.807, 2.05) is 0 Å². The van der Waals surface area contributed by atoms with E-state index in [1.54, 1.807) is 0 Å². The molecule has 16 heavy (non-hydrogen) atoms. The summed E-state index contributed by atoms with van der Waals surface area (Å²) in [5.41, 5.74) is 0. The second-order valence-electron chi connectivity index (χ2n) is 2.69. The predicted octanol–water partition coefficient (Wildman–Crippen LogP) is 3.27. The molecule has 0 spiro atoms. The lowest BCUT2D eigenvalue weighted by Crippen LogP contribution is -2.00. The molecule has 0 aliphatic rings. The van der Waals surface area contributed by atoms with Crippen LogP contribution in [0.15, 0.2) is 17.0 Å². The van der Waals surface area contributed by atoms with Gasteiger partial charge in [-0.2, -0.15) is 0 Å². The van der Waals surface area contributed by atoms with Crippen LogP contribution >= 0.6 is 33.9 Å². The predicted molar refractivity (Wildman–Crippen MR) is 61.0 cm³/mol. The highest BCUT2D eigenvalue weighted by atomic mass is 35.7. The van der Waals surface area contributed by atoms with Crippen LogP contribution in [0.25, 0.3) is 0 Å². The van der Waals surface area contributed by atoms with Crippen LogP contribution in [0.3, 0.4) is 0 Å². The third-order valence-corrected chi connectivity index (χ3v) is 3.67. The highest BCUT2D eigenvalue weighted by Crippen LogP contribution is 2.34. The number of benzene rings is 1. The van der Waals surface area contributed by atoms with Crippen LogP contribution in [-0.2, 0) is 9.05 Å². The summed E-state index contributed by atoms with van der Waals surface area (Å²) in [5, 5.41) is -0.134. The summed E-state index contributed by atoms with van der Waals surface area (Å²) < 4.78 is 38.9. The van der Waals surface area contributed by atoms with Gasteiger partial charge in [-0.05, 0) is 6.07 Å². The number of ether oxygens (including phenoxy) is 1. The molecule has 0 bridgehead atoms. The number of rotatable bonds is 4. The quantitative estimate of drug-likeness (QED) is 0.802. The summed E-state index contributed by atoms with van der Waals surface area (Å²) in [4.78, 5) is -0.312. The molecule has 1 rings (SSSR count). The van der Waals surface area contributed by atoms with Crippen molar-refractivity contribution in [3.05, 3.63) is 22.2 Å². The average Bonchev–Trinajstić information content (AvgIpc) is 2.17. The Hall–Kier alpha value is -0.230. The zero-order valence-electron chi connectivity index (χ0n) is 7.71. The molecule has 0 heterocycles. The monoisotopic (exact) mass is 306 g/mol. The molecule has 0 N–H and O–H groups in total. The zero-order chi connectivity index (χ0) is 12.3. The molecule has 1 aromatic carbocycles. The third-order valence-electron chi connectivity index (χ3n) is 1.58. The maximum absolute atomic E-state index is 11.9. The molecule has 8 heteroatoms. The molecule has 0 aromatic heterocycles. The second kappa shape index (κ2) is 5.40. The minimum Gasteiger partial charge on any atom is -0.489 e. The molecule has 0 aliphatic carbocycles. The molecular weight excluding hydrogens is 302 g/mol. The lowest BCUT2D eigenvalue weighted by molar-refractivity contribution is 0.273. The Balaban J connectivity index is 3.17. The van der Waals surface area contributed by atoms with Crippen molar-refractivity contribution in [2.75, 3.05) is 13.3 Å². The molecule has 0 unspecified atom stereocenters. The van der Waals surface area contributed by atoms with Crippen molar-refractivity contribution in [3.8, 4) is 5.75 Å². The van der Waals surface area contributed by atoms with Crippen LogP contribution in [-0.4, -0.2) is 21.7 Å². The molecule has 3 nitrogen and oxygen atoms in total. The maximum atomic E-state index is 11.9. The standard InChI is InChI=1S/C8H6Cl3FO3S/c9-5-4-8(16(11,13)14)6(10)3-7(5)15-2-1-12/h3-4H,1-2H2. The van der Waals surface area contributed by atoms with Crippen molar-refractivity contribution >= 4 is 42.9 Å². The molecule has 0 amide bonds. The van der Waals surface area contributed by atoms with E-state index in [0.29, 0.717) is 0 Å². The Morgan fingerprint density at radius 2 is 1.88 bits per heavy atom. The lowest BCUT2D eigenvalue weighted by Gasteiger charge is -2.08. The van der Waals surface area contributed by atoms with E-state index in [0.717, 1.165) is 6.07 Å². The number of hydrogen-bond donors (Lipinski definition) is 0. The van der Waals surface area contributed by atoms with E-state index in [-0.39, 0.29) is 27.3 Å². The Labute approximate surface area is 106 Å². The molecular formula is C8H6Cl3FO3S. The largest absolute Gasteiger partial charge is 0.489 e. The summed E-state index contributed by atoms with van der Waals surface area (Å²) in [5.74, 6) is 0.105. The average molecular weight is 308 g/mol. The van der Waals surface area contributed by atoms with Gasteiger partial charge in [0.1, 0.15) is 23.9 Å². The fourth-order valence-electron chi connectivity index (χ4n) is 0.956. The van der Waals surface area contributed by atoms with Crippen LogP contribution in [0, 0.1) is 0 Å². The van der Waals surface area contributed by atoms with E-state index in [4.69, 9.17) is 38.6 Å². The normalized spacial score (nSPS) is 11.5. The summed E-state index contributed by atoms with van der Waals surface area (Å²) in [6.07, 6.45) is 0. The van der Waals surface area contributed by atoms with Crippen LogP contribution < -0.4 is 4.74 Å². The highest BCUT2D eigenvalue weighted by Gasteiger charge is 2.18.